The van der Waals surface area contributed by atoms with Gasteiger partial charge in [0.15, 0.2) is 0 Å². The van der Waals surface area contributed by atoms with Gasteiger partial charge < -0.3 is 15.2 Å². The Morgan fingerprint density at radius 2 is 2.22 bits per heavy atom. The standard InChI is InChI=1S/C13H19N3O2/c1-9-14-12-4-3-10(5-13(12)15-9)6-16(2)7-11(18)8-17/h3-5,11,17-18H,6-8H2,1-2H3,(H,14,15). The maximum absolute atomic E-state index is 9.37. The zero-order valence-corrected chi connectivity index (χ0v) is 10.7. The summed E-state index contributed by atoms with van der Waals surface area (Å²) >= 11 is 0. The summed E-state index contributed by atoms with van der Waals surface area (Å²) in [6, 6.07) is 6.09. The lowest BCUT2D eigenvalue weighted by Gasteiger charge is -2.19. The number of aliphatic hydroxyl groups excluding tert-OH is 2. The Morgan fingerprint density at radius 3 is 2.94 bits per heavy atom. The number of imidazole rings is 1. The number of fused-ring (bicyclic) bond motifs is 1. The lowest BCUT2D eigenvalue weighted by atomic mass is 10.2. The smallest absolute Gasteiger partial charge is 0.104 e. The summed E-state index contributed by atoms with van der Waals surface area (Å²) in [7, 11) is 1.92. The van der Waals surface area contributed by atoms with Gasteiger partial charge in [0.1, 0.15) is 5.82 Å². The molecule has 0 amide bonds. The molecule has 1 aromatic carbocycles. The Bertz CT molecular complexity index is 524. The molecule has 18 heavy (non-hydrogen) atoms. The van der Waals surface area contributed by atoms with Gasteiger partial charge in [0, 0.05) is 13.1 Å². The Morgan fingerprint density at radius 1 is 1.44 bits per heavy atom. The fourth-order valence-corrected chi connectivity index (χ4v) is 2.08. The van der Waals surface area contributed by atoms with E-state index < -0.39 is 6.10 Å². The predicted molar refractivity (Wildman–Crippen MR) is 70.3 cm³/mol. The first-order valence-electron chi connectivity index (χ1n) is 6.01. The molecule has 0 fully saturated rings. The summed E-state index contributed by atoms with van der Waals surface area (Å²) < 4.78 is 0. The van der Waals surface area contributed by atoms with Crippen LogP contribution in [0, 0.1) is 6.92 Å². The van der Waals surface area contributed by atoms with Gasteiger partial charge in [-0.05, 0) is 31.7 Å². The SMILES string of the molecule is Cc1nc2ccc(CN(C)CC(O)CO)cc2[nH]1. The van der Waals surface area contributed by atoms with Crippen molar-refractivity contribution in [1.29, 1.82) is 0 Å². The normalized spacial score (nSPS) is 13.4. The average Bonchev–Trinajstić information content (AvgIpc) is 2.68. The molecule has 0 aliphatic carbocycles. The Hall–Kier alpha value is -1.43. The van der Waals surface area contributed by atoms with Gasteiger partial charge in [-0.3, -0.25) is 4.90 Å². The minimum absolute atomic E-state index is 0.205. The van der Waals surface area contributed by atoms with Crippen LogP contribution in [0.25, 0.3) is 11.0 Å². The molecule has 1 unspecified atom stereocenters. The molecule has 0 aliphatic rings. The van der Waals surface area contributed by atoms with Crippen molar-refractivity contribution in [2.75, 3.05) is 20.2 Å². The molecule has 0 aliphatic heterocycles. The van der Waals surface area contributed by atoms with E-state index in [1.165, 1.54) is 0 Å². The van der Waals surface area contributed by atoms with Gasteiger partial charge in [0.2, 0.25) is 0 Å². The number of rotatable bonds is 5. The highest BCUT2D eigenvalue weighted by molar-refractivity contribution is 5.75. The molecular formula is C13H19N3O2. The zero-order chi connectivity index (χ0) is 13.1. The quantitative estimate of drug-likeness (QED) is 0.728. The van der Waals surface area contributed by atoms with E-state index >= 15 is 0 Å². The van der Waals surface area contributed by atoms with E-state index in [1.807, 2.05) is 31.0 Å². The van der Waals surface area contributed by atoms with Gasteiger partial charge in [-0.25, -0.2) is 4.98 Å². The van der Waals surface area contributed by atoms with Gasteiger partial charge in [-0.15, -0.1) is 0 Å². The zero-order valence-electron chi connectivity index (χ0n) is 10.7. The van der Waals surface area contributed by atoms with Gasteiger partial charge in [-0.2, -0.15) is 0 Å². The third kappa shape index (κ3) is 3.07. The molecule has 0 spiro atoms. The van der Waals surface area contributed by atoms with E-state index in [0.29, 0.717) is 6.54 Å². The van der Waals surface area contributed by atoms with Crippen molar-refractivity contribution >= 4 is 11.0 Å². The van der Waals surface area contributed by atoms with E-state index in [0.717, 1.165) is 29.0 Å². The Balaban J connectivity index is 2.07. The van der Waals surface area contributed by atoms with Crippen molar-refractivity contribution < 1.29 is 10.2 Å². The number of benzene rings is 1. The number of nitrogens with zero attached hydrogens (tertiary/aromatic N) is 2. The monoisotopic (exact) mass is 249 g/mol. The van der Waals surface area contributed by atoms with Gasteiger partial charge in [0.05, 0.1) is 23.7 Å². The molecule has 5 heteroatoms. The van der Waals surface area contributed by atoms with Crippen LogP contribution >= 0.6 is 0 Å². The molecule has 0 bridgehead atoms. The molecule has 2 rings (SSSR count). The third-order valence-corrected chi connectivity index (χ3v) is 2.85. The molecule has 3 N–H and O–H groups in total. The molecule has 98 valence electrons. The largest absolute Gasteiger partial charge is 0.394 e. The topological polar surface area (TPSA) is 72.4 Å². The number of nitrogens with one attached hydrogen (secondary N) is 1. The van der Waals surface area contributed by atoms with Crippen LogP contribution in [0.4, 0.5) is 0 Å². The highest BCUT2D eigenvalue weighted by Crippen LogP contribution is 2.14. The summed E-state index contributed by atoms with van der Waals surface area (Å²) in [6.45, 7) is 2.91. The van der Waals surface area contributed by atoms with Crippen molar-refractivity contribution in [3.8, 4) is 0 Å². The van der Waals surface area contributed by atoms with Crippen LogP contribution < -0.4 is 0 Å². The fraction of sp³-hybridized carbons (Fsp3) is 0.462. The molecule has 0 saturated carbocycles. The first-order chi connectivity index (χ1) is 8.58. The third-order valence-electron chi connectivity index (χ3n) is 2.85. The first kappa shape index (κ1) is 13.0. The molecule has 1 atom stereocenters. The molecule has 1 heterocycles. The molecule has 1 aromatic heterocycles. The van der Waals surface area contributed by atoms with Crippen molar-refractivity contribution in [2.45, 2.75) is 19.6 Å². The van der Waals surface area contributed by atoms with Crippen LogP contribution in [0.15, 0.2) is 18.2 Å². The fourth-order valence-electron chi connectivity index (χ4n) is 2.08. The number of aromatic amines is 1. The van der Waals surface area contributed by atoms with E-state index in [2.05, 4.69) is 16.0 Å². The molecule has 2 aromatic rings. The lowest BCUT2D eigenvalue weighted by Crippen LogP contribution is -2.30. The van der Waals surface area contributed by atoms with Crippen LogP contribution in [0.5, 0.6) is 0 Å². The number of aliphatic hydroxyl groups is 2. The van der Waals surface area contributed by atoms with Crippen LogP contribution in [-0.2, 0) is 6.54 Å². The van der Waals surface area contributed by atoms with Gasteiger partial charge in [0.25, 0.3) is 0 Å². The number of likely N-dealkylation sites (N-methyl/N-ethyl adjacent to an activating group) is 1. The maximum atomic E-state index is 9.37. The number of hydrogen-bond acceptors (Lipinski definition) is 4. The van der Waals surface area contributed by atoms with E-state index in [-0.39, 0.29) is 6.61 Å². The van der Waals surface area contributed by atoms with Gasteiger partial charge >= 0.3 is 0 Å². The summed E-state index contributed by atoms with van der Waals surface area (Å²) in [4.78, 5) is 9.54. The maximum Gasteiger partial charge on any atom is 0.104 e. The van der Waals surface area contributed by atoms with Crippen LogP contribution in [0.3, 0.4) is 0 Å². The van der Waals surface area contributed by atoms with Crippen molar-refractivity contribution in [2.24, 2.45) is 0 Å². The van der Waals surface area contributed by atoms with Crippen molar-refractivity contribution in [3.63, 3.8) is 0 Å². The second-order valence-corrected chi connectivity index (χ2v) is 4.71. The predicted octanol–water partition coefficient (Wildman–Crippen LogP) is 0.656. The van der Waals surface area contributed by atoms with E-state index in [4.69, 9.17) is 5.11 Å². The highest BCUT2D eigenvalue weighted by atomic mass is 16.3. The van der Waals surface area contributed by atoms with Crippen molar-refractivity contribution in [1.82, 2.24) is 14.9 Å². The summed E-state index contributed by atoms with van der Waals surface area (Å²) in [5, 5.41) is 18.2. The number of H-pyrrole nitrogens is 1. The Kier molecular flexibility index (Phi) is 3.96. The number of aryl methyl sites for hydroxylation is 1. The lowest BCUT2D eigenvalue weighted by molar-refractivity contribution is 0.0648. The first-order valence-corrected chi connectivity index (χ1v) is 6.01. The second-order valence-electron chi connectivity index (χ2n) is 4.71. The average molecular weight is 249 g/mol. The highest BCUT2D eigenvalue weighted by Gasteiger charge is 2.08. The van der Waals surface area contributed by atoms with E-state index in [9.17, 15) is 5.11 Å². The second kappa shape index (κ2) is 5.48. The Labute approximate surface area is 106 Å². The van der Waals surface area contributed by atoms with Gasteiger partial charge in [-0.1, -0.05) is 6.07 Å². The summed E-state index contributed by atoms with van der Waals surface area (Å²) in [5.74, 6) is 0.909. The summed E-state index contributed by atoms with van der Waals surface area (Å²) in [5.41, 5.74) is 3.15. The molecule has 0 saturated heterocycles. The molecule has 5 nitrogen and oxygen atoms in total. The number of hydrogen-bond donors (Lipinski definition) is 3. The van der Waals surface area contributed by atoms with Crippen LogP contribution in [-0.4, -0.2) is 51.4 Å². The van der Waals surface area contributed by atoms with E-state index in [1.54, 1.807) is 0 Å². The van der Waals surface area contributed by atoms with Crippen molar-refractivity contribution in [3.05, 3.63) is 29.6 Å². The molecular weight excluding hydrogens is 230 g/mol. The minimum atomic E-state index is -0.687. The summed E-state index contributed by atoms with van der Waals surface area (Å²) in [6.07, 6.45) is -0.687. The van der Waals surface area contributed by atoms with Crippen LogP contribution in [0.1, 0.15) is 11.4 Å². The van der Waals surface area contributed by atoms with Crippen LogP contribution in [0.2, 0.25) is 0 Å². The number of aromatic nitrogens is 2. The minimum Gasteiger partial charge on any atom is -0.394 e. The molecule has 0 radical (unpaired) electrons.